The third kappa shape index (κ3) is 4.71. The van der Waals surface area contributed by atoms with Crippen molar-refractivity contribution < 1.29 is 9.84 Å². The van der Waals surface area contributed by atoms with Gasteiger partial charge in [0.2, 0.25) is 0 Å². The van der Waals surface area contributed by atoms with E-state index in [2.05, 4.69) is 55.5 Å². The van der Waals surface area contributed by atoms with E-state index in [4.69, 9.17) is 9.84 Å². The number of hydrogen-bond acceptors (Lipinski definition) is 2. The predicted molar refractivity (Wildman–Crippen MR) is 103 cm³/mol. The normalized spacial score (nSPS) is 10.6. The van der Waals surface area contributed by atoms with Crippen LogP contribution in [0.4, 0.5) is 0 Å². The van der Waals surface area contributed by atoms with Gasteiger partial charge < -0.3 is 9.84 Å². The maximum absolute atomic E-state index is 9.05. The molecule has 0 amide bonds. The molecule has 128 valence electrons. The van der Waals surface area contributed by atoms with E-state index < -0.39 is 0 Å². The van der Waals surface area contributed by atoms with Crippen LogP contribution in [0.15, 0.2) is 72.8 Å². The van der Waals surface area contributed by atoms with Crippen LogP contribution in [0.5, 0.6) is 5.75 Å². The molecule has 2 nitrogen and oxygen atoms in total. The Labute approximate surface area is 149 Å². The molecule has 0 atom stereocenters. The number of benzene rings is 3. The first-order valence-corrected chi connectivity index (χ1v) is 8.74. The Balaban J connectivity index is 1.86. The van der Waals surface area contributed by atoms with Gasteiger partial charge in [-0.05, 0) is 48.6 Å². The van der Waals surface area contributed by atoms with Gasteiger partial charge >= 0.3 is 0 Å². The van der Waals surface area contributed by atoms with Gasteiger partial charge in [0.05, 0.1) is 0 Å². The summed E-state index contributed by atoms with van der Waals surface area (Å²) in [7, 11) is 0. The largest absolute Gasteiger partial charge is 0.488 e. The van der Waals surface area contributed by atoms with Crippen LogP contribution >= 0.6 is 0 Å². The Kier molecular flexibility index (Phi) is 5.86. The van der Waals surface area contributed by atoms with E-state index in [1.165, 1.54) is 11.1 Å². The second-order valence-corrected chi connectivity index (χ2v) is 6.30. The summed E-state index contributed by atoms with van der Waals surface area (Å²) in [6, 6.07) is 25.0. The van der Waals surface area contributed by atoms with E-state index in [1.54, 1.807) is 0 Å². The number of ether oxygens (including phenoxy) is 1. The zero-order chi connectivity index (χ0) is 17.5. The average molecular weight is 332 g/mol. The van der Waals surface area contributed by atoms with Crippen LogP contribution in [0.1, 0.15) is 23.1 Å². The molecule has 0 bridgehead atoms. The molecular weight excluding hydrogens is 308 g/mol. The number of aliphatic hydroxyl groups excluding tert-OH is 1. The van der Waals surface area contributed by atoms with Gasteiger partial charge in [-0.1, -0.05) is 66.2 Å². The fraction of sp³-hybridized carbons (Fsp3) is 0.217. The number of hydrogen-bond donors (Lipinski definition) is 1. The van der Waals surface area contributed by atoms with Crippen LogP contribution in [0.25, 0.3) is 11.1 Å². The first-order valence-electron chi connectivity index (χ1n) is 8.74. The Morgan fingerprint density at radius 2 is 1.64 bits per heavy atom. The summed E-state index contributed by atoms with van der Waals surface area (Å²) < 4.78 is 6.11. The van der Waals surface area contributed by atoms with Crippen molar-refractivity contribution in [1.82, 2.24) is 0 Å². The van der Waals surface area contributed by atoms with Crippen LogP contribution in [-0.2, 0) is 13.0 Å². The molecule has 3 aromatic carbocycles. The van der Waals surface area contributed by atoms with E-state index >= 15 is 0 Å². The maximum atomic E-state index is 9.05. The minimum atomic E-state index is 0.222. The van der Waals surface area contributed by atoms with Gasteiger partial charge in [-0.15, -0.1) is 0 Å². The summed E-state index contributed by atoms with van der Waals surface area (Å²) in [4.78, 5) is 0. The molecule has 0 saturated carbocycles. The summed E-state index contributed by atoms with van der Waals surface area (Å²) in [5, 5.41) is 9.05. The summed E-state index contributed by atoms with van der Waals surface area (Å²) in [6.45, 7) is 2.88. The lowest BCUT2D eigenvalue weighted by Crippen LogP contribution is -1.97. The molecule has 3 rings (SSSR count). The van der Waals surface area contributed by atoms with Crippen molar-refractivity contribution in [3.8, 4) is 16.9 Å². The van der Waals surface area contributed by atoms with Gasteiger partial charge in [0, 0.05) is 12.2 Å². The molecular formula is C23H24O2. The smallest absolute Gasteiger partial charge is 0.127 e. The lowest BCUT2D eigenvalue weighted by atomic mass is 9.99. The number of aryl methyl sites for hydroxylation is 2. The maximum Gasteiger partial charge on any atom is 0.127 e. The predicted octanol–water partition coefficient (Wildman–Crippen LogP) is 5.17. The summed E-state index contributed by atoms with van der Waals surface area (Å²) in [6.07, 6.45) is 1.67. The van der Waals surface area contributed by atoms with Crippen molar-refractivity contribution in [2.45, 2.75) is 26.4 Å². The minimum Gasteiger partial charge on any atom is -0.488 e. The first kappa shape index (κ1) is 17.2. The van der Waals surface area contributed by atoms with Gasteiger partial charge in [-0.2, -0.15) is 0 Å². The molecule has 0 heterocycles. The first-order chi connectivity index (χ1) is 12.3. The zero-order valence-electron chi connectivity index (χ0n) is 14.6. The summed E-state index contributed by atoms with van der Waals surface area (Å²) in [5.74, 6) is 0.897. The quantitative estimate of drug-likeness (QED) is 0.647. The molecule has 0 fully saturated rings. The van der Waals surface area contributed by atoms with Crippen LogP contribution in [0, 0.1) is 6.92 Å². The molecule has 0 unspecified atom stereocenters. The fourth-order valence-electron chi connectivity index (χ4n) is 2.91. The SMILES string of the molecule is Cc1ccc(OCc2ccccc2)c(-c2cccc(CCCO)c2)c1. The van der Waals surface area contributed by atoms with Crippen LogP contribution in [0.3, 0.4) is 0 Å². The van der Waals surface area contributed by atoms with Gasteiger partial charge in [-0.3, -0.25) is 0 Å². The third-order valence-electron chi connectivity index (χ3n) is 4.23. The summed E-state index contributed by atoms with van der Waals surface area (Å²) in [5.41, 5.74) is 5.87. The monoisotopic (exact) mass is 332 g/mol. The van der Waals surface area contributed by atoms with E-state index in [-0.39, 0.29) is 6.61 Å². The van der Waals surface area contributed by atoms with Crippen molar-refractivity contribution in [3.63, 3.8) is 0 Å². The Bertz CT molecular complexity index is 809. The van der Waals surface area contributed by atoms with Gasteiger partial charge in [0.1, 0.15) is 12.4 Å². The molecule has 0 aliphatic rings. The van der Waals surface area contributed by atoms with Gasteiger partial charge in [0.25, 0.3) is 0 Å². The summed E-state index contributed by atoms with van der Waals surface area (Å²) >= 11 is 0. The van der Waals surface area contributed by atoms with Crippen LogP contribution < -0.4 is 4.74 Å². The van der Waals surface area contributed by atoms with Crippen molar-refractivity contribution in [3.05, 3.63) is 89.5 Å². The van der Waals surface area contributed by atoms with Crippen LogP contribution in [-0.4, -0.2) is 11.7 Å². The number of rotatable bonds is 7. The Hall–Kier alpha value is -2.58. The highest BCUT2D eigenvalue weighted by atomic mass is 16.5. The third-order valence-corrected chi connectivity index (χ3v) is 4.23. The molecule has 2 heteroatoms. The second kappa shape index (κ2) is 8.50. The molecule has 0 aliphatic carbocycles. The highest BCUT2D eigenvalue weighted by Gasteiger charge is 2.08. The zero-order valence-corrected chi connectivity index (χ0v) is 14.6. The molecule has 25 heavy (non-hydrogen) atoms. The fourth-order valence-corrected chi connectivity index (χ4v) is 2.91. The molecule has 0 radical (unpaired) electrons. The highest BCUT2D eigenvalue weighted by Crippen LogP contribution is 2.32. The minimum absolute atomic E-state index is 0.222. The van der Waals surface area contributed by atoms with Crippen molar-refractivity contribution in [2.75, 3.05) is 6.61 Å². The highest BCUT2D eigenvalue weighted by molar-refractivity contribution is 5.71. The van der Waals surface area contributed by atoms with E-state index in [0.717, 1.165) is 35.3 Å². The van der Waals surface area contributed by atoms with E-state index in [9.17, 15) is 0 Å². The molecule has 0 aliphatic heterocycles. The topological polar surface area (TPSA) is 29.5 Å². The van der Waals surface area contributed by atoms with E-state index in [0.29, 0.717) is 6.61 Å². The second-order valence-electron chi connectivity index (χ2n) is 6.30. The van der Waals surface area contributed by atoms with Crippen molar-refractivity contribution in [1.29, 1.82) is 0 Å². The number of aliphatic hydroxyl groups is 1. The Morgan fingerprint density at radius 1 is 0.840 bits per heavy atom. The van der Waals surface area contributed by atoms with Crippen molar-refractivity contribution in [2.24, 2.45) is 0 Å². The molecule has 3 aromatic rings. The molecule has 1 N–H and O–H groups in total. The van der Waals surface area contributed by atoms with Gasteiger partial charge in [0.15, 0.2) is 0 Å². The van der Waals surface area contributed by atoms with E-state index in [1.807, 2.05) is 24.3 Å². The molecule has 0 aromatic heterocycles. The molecule has 0 spiro atoms. The lowest BCUT2D eigenvalue weighted by molar-refractivity contribution is 0.288. The lowest BCUT2D eigenvalue weighted by Gasteiger charge is -2.14. The molecule has 0 saturated heterocycles. The van der Waals surface area contributed by atoms with Crippen molar-refractivity contribution >= 4 is 0 Å². The van der Waals surface area contributed by atoms with Crippen LogP contribution in [0.2, 0.25) is 0 Å². The average Bonchev–Trinajstić information content (AvgIpc) is 2.66. The van der Waals surface area contributed by atoms with Gasteiger partial charge in [-0.25, -0.2) is 0 Å². The Morgan fingerprint density at radius 3 is 2.44 bits per heavy atom. The standard InChI is InChI=1S/C23H24O2/c1-18-12-13-23(25-17-20-7-3-2-4-8-20)22(15-18)21-11-5-9-19(16-21)10-6-14-24/h2-5,7-9,11-13,15-16,24H,6,10,14,17H2,1H3.